The lowest BCUT2D eigenvalue weighted by Gasteiger charge is -2.38. The van der Waals surface area contributed by atoms with Crippen molar-refractivity contribution >= 4 is 39.9 Å². The van der Waals surface area contributed by atoms with Crippen molar-refractivity contribution < 1.29 is 14.8 Å². The minimum Gasteiger partial charge on any atom is -0.481 e. The third-order valence-corrected chi connectivity index (χ3v) is 4.54. The number of carboxylic acids is 1. The Bertz CT molecular complexity index is 549. The molecule has 7 heteroatoms. The van der Waals surface area contributed by atoms with Crippen molar-refractivity contribution in [1.29, 1.82) is 0 Å². The molecule has 1 aromatic carbocycles. The first-order chi connectivity index (χ1) is 9.40. The second-order valence-electron chi connectivity index (χ2n) is 4.99. The molecule has 1 N–H and O–H groups in total. The first kappa shape index (κ1) is 15.0. The number of nitro benzene ring substituents is 1. The minimum absolute atomic E-state index is 0.0752. The van der Waals surface area contributed by atoms with E-state index in [1.54, 1.807) is 12.1 Å². The van der Waals surface area contributed by atoms with Crippen molar-refractivity contribution in [2.24, 2.45) is 5.92 Å². The summed E-state index contributed by atoms with van der Waals surface area (Å²) in [6.07, 6.45) is 1.20. The second kappa shape index (κ2) is 5.94. The van der Waals surface area contributed by atoms with Crippen LogP contribution >= 0.6 is 22.6 Å². The zero-order valence-corrected chi connectivity index (χ0v) is 13.1. The molecular formula is C13H15IN2O4. The Balaban J connectivity index is 2.20. The predicted octanol–water partition coefficient (Wildman–Crippen LogP) is 2.89. The number of aliphatic carboxylic acids is 1. The third kappa shape index (κ3) is 3.02. The van der Waals surface area contributed by atoms with E-state index in [4.69, 9.17) is 5.11 Å². The molecule has 2 rings (SSSR count). The maximum absolute atomic E-state index is 11.0. The molecule has 0 aliphatic carbocycles. The van der Waals surface area contributed by atoms with Gasteiger partial charge in [-0.2, -0.15) is 0 Å². The lowest BCUT2D eigenvalue weighted by atomic mass is 9.91. The Hall–Kier alpha value is -1.38. The largest absolute Gasteiger partial charge is 0.481 e. The van der Waals surface area contributed by atoms with Crippen molar-refractivity contribution in [1.82, 2.24) is 0 Å². The first-order valence-electron chi connectivity index (χ1n) is 6.33. The molecule has 1 aliphatic heterocycles. The zero-order valence-electron chi connectivity index (χ0n) is 11.0. The van der Waals surface area contributed by atoms with Gasteiger partial charge in [0.2, 0.25) is 0 Å². The van der Waals surface area contributed by atoms with E-state index in [1.807, 2.05) is 6.92 Å². The van der Waals surface area contributed by atoms with Gasteiger partial charge in [0, 0.05) is 28.3 Å². The monoisotopic (exact) mass is 390 g/mol. The quantitative estimate of drug-likeness (QED) is 0.488. The Kier molecular flexibility index (Phi) is 4.46. The summed E-state index contributed by atoms with van der Waals surface area (Å²) in [6, 6.07) is 4.90. The van der Waals surface area contributed by atoms with Gasteiger partial charge in [0.05, 0.1) is 16.5 Å². The van der Waals surface area contributed by atoms with Crippen LogP contribution in [0.25, 0.3) is 0 Å². The number of halogens is 1. The number of carbonyl (C=O) groups is 1. The first-order valence-corrected chi connectivity index (χ1v) is 7.41. The Labute approximate surface area is 130 Å². The number of nitro groups is 1. The van der Waals surface area contributed by atoms with E-state index in [-0.39, 0.29) is 17.6 Å². The normalized spacial score (nSPS) is 22.6. The lowest BCUT2D eigenvalue weighted by Crippen LogP contribution is -2.43. The number of nitrogens with zero attached hydrogens (tertiary/aromatic N) is 2. The minimum atomic E-state index is -0.741. The van der Waals surface area contributed by atoms with Crippen LogP contribution in [0.1, 0.15) is 19.8 Å². The van der Waals surface area contributed by atoms with Gasteiger partial charge in [0.1, 0.15) is 0 Å². The van der Waals surface area contributed by atoms with E-state index in [0.717, 1.165) is 9.26 Å². The molecule has 0 amide bonds. The number of rotatable bonds is 3. The van der Waals surface area contributed by atoms with Crippen LogP contribution < -0.4 is 4.90 Å². The summed E-state index contributed by atoms with van der Waals surface area (Å²) in [7, 11) is 0. The van der Waals surface area contributed by atoms with E-state index in [0.29, 0.717) is 19.4 Å². The van der Waals surface area contributed by atoms with Crippen molar-refractivity contribution in [3.8, 4) is 0 Å². The summed E-state index contributed by atoms with van der Waals surface area (Å²) in [5, 5.41) is 19.8. The molecule has 2 atom stereocenters. The molecule has 20 heavy (non-hydrogen) atoms. The average Bonchev–Trinajstić information content (AvgIpc) is 2.38. The van der Waals surface area contributed by atoms with Crippen molar-refractivity contribution in [3.05, 3.63) is 31.9 Å². The van der Waals surface area contributed by atoms with Crippen molar-refractivity contribution in [3.63, 3.8) is 0 Å². The van der Waals surface area contributed by atoms with Gasteiger partial charge < -0.3 is 10.0 Å². The summed E-state index contributed by atoms with van der Waals surface area (Å²) < 4.78 is 0.817. The van der Waals surface area contributed by atoms with Crippen LogP contribution in [0.15, 0.2) is 18.2 Å². The molecule has 1 aromatic rings. The summed E-state index contributed by atoms with van der Waals surface area (Å²) in [5.41, 5.74) is 1.01. The van der Waals surface area contributed by atoms with Crippen molar-refractivity contribution in [2.75, 3.05) is 11.4 Å². The third-order valence-electron chi connectivity index (χ3n) is 3.68. The summed E-state index contributed by atoms with van der Waals surface area (Å²) in [4.78, 5) is 23.5. The Morgan fingerprint density at radius 2 is 2.25 bits per heavy atom. The van der Waals surface area contributed by atoms with E-state index in [2.05, 4.69) is 27.5 Å². The number of carboxylic acid groups (broad SMARTS) is 1. The number of piperidine rings is 1. The Morgan fingerprint density at radius 3 is 2.75 bits per heavy atom. The van der Waals surface area contributed by atoms with E-state index < -0.39 is 10.9 Å². The molecule has 0 radical (unpaired) electrons. The fraction of sp³-hybridized carbons (Fsp3) is 0.462. The van der Waals surface area contributed by atoms with Crippen LogP contribution in [0.3, 0.4) is 0 Å². The molecule has 108 valence electrons. The fourth-order valence-corrected chi connectivity index (χ4v) is 3.41. The van der Waals surface area contributed by atoms with Gasteiger partial charge in [-0.15, -0.1) is 0 Å². The number of benzene rings is 1. The highest BCUT2D eigenvalue weighted by Gasteiger charge is 2.30. The van der Waals surface area contributed by atoms with Gasteiger partial charge in [-0.3, -0.25) is 14.9 Å². The molecule has 0 spiro atoms. The average molecular weight is 390 g/mol. The van der Waals surface area contributed by atoms with E-state index >= 15 is 0 Å². The zero-order chi connectivity index (χ0) is 14.9. The van der Waals surface area contributed by atoms with Crippen LogP contribution in [-0.2, 0) is 4.79 Å². The van der Waals surface area contributed by atoms with Crippen LogP contribution in [-0.4, -0.2) is 28.6 Å². The molecule has 1 fully saturated rings. The van der Waals surface area contributed by atoms with E-state index in [9.17, 15) is 14.9 Å². The van der Waals surface area contributed by atoms with Gasteiger partial charge in [-0.1, -0.05) is 0 Å². The molecule has 2 unspecified atom stereocenters. The summed E-state index contributed by atoms with van der Waals surface area (Å²) in [6.45, 7) is 2.65. The van der Waals surface area contributed by atoms with Crippen molar-refractivity contribution in [2.45, 2.75) is 25.8 Å². The topological polar surface area (TPSA) is 83.7 Å². The number of non-ortho nitro benzene ring substituents is 1. The van der Waals surface area contributed by atoms with Crippen LogP contribution in [0.4, 0.5) is 11.4 Å². The van der Waals surface area contributed by atoms with Gasteiger partial charge in [-0.05, 0) is 48.4 Å². The standard InChI is InChI=1S/C13H15IN2O4/c1-8-6-9(13(17)18)4-5-15(8)12-3-2-10(16(19)20)7-11(12)14/h2-3,7-9H,4-6H2,1H3,(H,17,18). The highest BCUT2D eigenvalue weighted by molar-refractivity contribution is 14.1. The molecule has 1 heterocycles. The van der Waals surface area contributed by atoms with Crippen LogP contribution in [0, 0.1) is 19.6 Å². The molecule has 1 saturated heterocycles. The van der Waals surface area contributed by atoms with Gasteiger partial charge in [0.25, 0.3) is 5.69 Å². The SMILES string of the molecule is CC1CC(C(=O)O)CCN1c1ccc([N+](=O)[O-])cc1I. The number of anilines is 1. The Morgan fingerprint density at radius 1 is 1.55 bits per heavy atom. The van der Waals surface area contributed by atoms with Crippen LogP contribution in [0.2, 0.25) is 0 Å². The molecule has 6 nitrogen and oxygen atoms in total. The van der Waals surface area contributed by atoms with Gasteiger partial charge in [-0.25, -0.2) is 0 Å². The fourth-order valence-electron chi connectivity index (χ4n) is 2.60. The van der Waals surface area contributed by atoms with Gasteiger partial charge in [0.15, 0.2) is 0 Å². The number of hydrogen-bond acceptors (Lipinski definition) is 4. The maximum atomic E-state index is 11.0. The molecule has 0 saturated carbocycles. The predicted molar refractivity (Wildman–Crippen MR) is 83.0 cm³/mol. The molecule has 1 aliphatic rings. The molecule has 0 bridgehead atoms. The lowest BCUT2D eigenvalue weighted by molar-refractivity contribution is -0.384. The van der Waals surface area contributed by atoms with Gasteiger partial charge >= 0.3 is 5.97 Å². The molecular weight excluding hydrogens is 375 g/mol. The second-order valence-corrected chi connectivity index (χ2v) is 6.16. The summed E-state index contributed by atoms with van der Waals surface area (Å²) in [5.74, 6) is -1.04. The summed E-state index contributed by atoms with van der Waals surface area (Å²) >= 11 is 2.09. The number of hydrogen-bond donors (Lipinski definition) is 1. The highest BCUT2D eigenvalue weighted by Crippen LogP contribution is 2.33. The molecule has 0 aromatic heterocycles. The maximum Gasteiger partial charge on any atom is 0.306 e. The van der Waals surface area contributed by atoms with Crippen LogP contribution in [0.5, 0.6) is 0 Å². The van der Waals surface area contributed by atoms with E-state index in [1.165, 1.54) is 6.07 Å². The smallest absolute Gasteiger partial charge is 0.306 e. The highest BCUT2D eigenvalue weighted by atomic mass is 127.